The van der Waals surface area contributed by atoms with Crippen LogP contribution in [0, 0.1) is 12.7 Å². The number of hydrogen-bond donors (Lipinski definition) is 1. The van der Waals surface area contributed by atoms with Gasteiger partial charge in [-0.2, -0.15) is 4.98 Å². The van der Waals surface area contributed by atoms with E-state index in [0.717, 1.165) is 11.8 Å². The molecule has 6 heteroatoms. The van der Waals surface area contributed by atoms with E-state index in [-0.39, 0.29) is 0 Å². The highest BCUT2D eigenvalue weighted by atomic mass is 19.1. The lowest BCUT2D eigenvalue weighted by Gasteiger charge is -2.03. The molecule has 0 saturated heterocycles. The molecule has 20 heavy (non-hydrogen) atoms. The van der Waals surface area contributed by atoms with Gasteiger partial charge in [-0.3, -0.25) is 0 Å². The molecule has 0 saturated carbocycles. The number of aryl methyl sites for hydroxylation is 1. The first-order valence-electron chi connectivity index (χ1n) is 5.96. The Morgan fingerprint density at radius 1 is 1.20 bits per heavy atom. The third kappa shape index (κ3) is 2.11. The molecule has 5 nitrogen and oxygen atoms in total. The number of nitrogens with two attached hydrogens (primary N) is 1. The zero-order chi connectivity index (χ0) is 14.1. The third-order valence-corrected chi connectivity index (χ3v) is 2.90. The summed E-state index contributed by atoms with van der Waals surface area (Å²) >= 11 is 0. The molecule has 2 aromatic heterocycles. The molecule has 0 aliphatic rings. The van der Waals surface area contributed by atoms with Crippen molar-refractivity contribution in [2.24, 2.45) is 0 Å². The van der Waals surface area contributed by atoms with Crippen LogP contribution in [-0.2, 0) is 0 Å². The van der Waals surface area contributed by atoms with Crippen LogP contribution in [0.25, 0.3) is 23.0 Å². The Kier molecular flexibility index (Phi) is 2.90. The lowest BCUT2D eigenvalue weighted by molar-refractivity contribution is 0.432. The number of hydrogen-bond acceptors (Lipinski definition) is 5. The van der Waals surface area contributed by atoms with Gasteiger partial charge in [0.2, 0.25) is 5.82 Å². The van der Waals surface area contributed by atoms with Gasteiger partial charge in [-0.25, -0.2) is 9.37 Å². The zero-order valence-electron chi connectivity index (χ0n) is 10.7. The summed E-state index contributed by atoms with van der Waals surface area (Å²) in [6.07, 6.45) is 1.10. The lowest BCUT2D eigenvalue weighted by atomic mass is 10.1. The second-order valence-corrected chi connectivity index (χ2v) is 4.32. The quantitative estimate of drug-likeness (QED) is 0.724. The maximum Gasteiger partial charge on any atom is 0.260 e. The summed E-state index contributed by atoms with van der Waals surface area (Å²) in [5, 5.41) is 3.85. The van der Waals surface area contributed by atoms with Gasteiger partial charge in [0.15, 0.2) is 0 Å². The third-order valence-electron chi connectivity index (χ3n) is 2.90. The van der Waals surface area contributed by atoms with E-state index in [9.17, 15) is 4.39 Å². The van der Waals surface area contributed by atoms with Crippen LogP contribution >= 0.6 is 0 Å². The number of anilines is 1. The molecule has 0 aliphatic carbocycles. The van der Waals surface area contributed by atoms with E-state index in [0.29, 0.717) is 28.7 Å². The first kappa shape index (κ1) is 12.3. The Bertz CT molecular complexity index is 732. The van der Waals surface area contributed by atoms with E-state index in [1.54, 1.807) is 6.07 Å². The fourth-order valence-corrected chi connectivity index (χ4v) is 1.92. The average Bonchev–Trinajstić information content (AvgIpc) is 2.89. The van der Waals surface area contributed by atoms with Gasteiger partial charge in [0.05, 0.1) is 11.8 Å². The monoisotopic (exact) mass is 270 g/mol. The molecule has 3 aromatic rings. The lowest BCUT2D eigenvalue weighted by Crippen LogP contribution is -1.93. The molecule has 100 valence electrons. The van der Waals surface area contributed by atoms with Crippen LogP contribution < -0.4 is 5.73 Å². The van der Waals surface area contributed by atoms with E-state index in [4.69, 9.17) is 10.3 Å². The fraction of sp³-hybridized carbons (Fsp3) is 0.0714. The van der Waals surface area contributed by atoms with Gasteiger partial charge in [0.1, 0.15) is 11.5 Å². The van der Waals surface area contributed by atoms with E-state index in [1.807, 2.05) is 19.1 Å². The number of pyridine rings is 1. The van der Waals surface area contributed by atoms with Crippen molar-refractivity contribution in [3.8, 4) is 23.0 Å². The highest BCUT2D eigenvalue weighted by Gasteiger charge is 2.15. The van der Waals surface area contributed by atoms with Gasteiger partial charge >= 0.3 is 0 Å². The summed E-state index contributed by atoms with van der Waals surface area (Å²) in [5.41, 5.74) is 8.57. The summed E-state index contributed by atoms with van der Waals surface area (Å²) in [6, 6.07) is 8.31. The normalized spacial score (nSPS) is 10.7. The largest absolute Gasteiger partial charge is 0.398 e. The Hall–Kier alpha value is -2.76. The van der Waals surface area contributed by atoms with Crippen LogP contribution in [0.5, 0.6) is 0 Å². The van der Waals surface area contributed by atoms with Crippen molar-refractivity contribution in [1.29, 1.82) is 0 Å². The van der Waals surface area contributed by atoms with Crippen molar-refractivity contribution in [2.45, 2.75) is 6.92 Å². The Morgan fingerprint density at radius 3 is 2.75 bits per heavy atom. The number of nitrogens with zero attached hydrogens (tertiary/aromatic N) is 3. The highest BCUT2D eigenvalue weighted by molar-refractivity contribution is 5.74. The predicted molar refractivity (Wildman–Crippen MR) is 72.1 cm³/mol. The topological polar surface area (TPSA) is 77.8 Å². The molecule has 0 unspecified atom stereocenters. The molecule has 0 atom stereocenters. The van der Waals surface area contributed by atoms with Crippen molar-refractivity contribution in [3.63, 3.8) is 0 Å². The molecular weight excluding hydrogens is 259 g/mol. The number of benzene rings is 1. The Morgan fingerprint density at radius 2 is 2.05 bits per heavy atom. The first-order chi connectivity index (χ1) is 9.65. The van der Waals surface area contributed by atoms with Crippen molar-refractivity contribution in [2.75, 3.05) is 5.73 Å². The molecule has 3 rings (SSSR count). The summed E-state index contributed by atoms with van der Waals surface area (Å²) in [6.45, 7) is 1.91. The maximum atomic E-state index is 12.8. The van der Waals surface area contributed by atoms with Gasteiger partial charge in [0.25, 0.3) is 5.89 Å². The minimum absolute atomic E-state index is 0.294. The molecule has 0 spiro atoms. The number of halogens is 1. The van der Waals surface area contributed by atoms with Crippen LogP contribution in [-0.4, -0.2) is 15.1 Å². The van der Waals surface area contributed by atoms with Crippen molar-refractivity contribution < 1.29 is 8.91 Å². The van der Waals surface area contributed by atoms with Crippen LogP contribution in [0.4, 0.5) is 10.1 Å². The maximum absolute atomic E-state index is 12.8. The standard InChI is InChI=1S/C14H11FN4O/c1-8-3-2-4-10(16)12(8)14-18-13(19-20-14)11-6-5-9(15)7-17-11/h2-7H,16H2,1H3. The van der Waals surface area contributed by atoms with E-state index >= 15 is 0 Å². The van der Waals surface area contributed by atoms with Gasteiger partial charge in [-0.15, -0.1) is 0 Å². The predicted octanol–water partition coefficient (Wildman–Crippen LogP) is 2.83. The van der Waals surface area contributed by atoms with E-state index in [1.165, 1.54) is 12.1 Å². The van der Waals surface area contributed by atoms with Gasteiger partial charge < -0.3 is 10.3 Å². The van der Waals surface area contributed by atoms with Gasteiger partial charge in [0, 0.05) is 5.69 Å². The molecule has 0 bridgehead atoms. The van der Waals surface area contributed by atoms with Crippen LogP contribution in [0.1, 0.15) is 5.56 Å². The Balaban J connectivity index is 2.04. The summed E-state index contributed by atoms with van der Waals surface area (Å²) in [5.74, 6) is 0.199. The molecule has 2 N–H and O–H groups in total. The highest BCUT2D eigenvalue weighted by Crippen LogP contribution is 2.29. The average molecular weight is 270 g/mol. The van der Waals surface area contributed by atoms with E-state index < -0.39 is 5.82 Å². The van der Waals surface area contributed by atoms with Crippen LogP contribution in [0.2, 0.25) is 0 Å². The molecule has 2 heterocycles. The molecule has 0 radical (unpaired) electrons. The second kappa shape index (κ2) is 4.73. The molecule has 0 fully saturated rings. The summed E-state index contributed by atoms with van der Waals surface area (Å²) in [7, 11) is 0. The zero-order valence-corrected chi connectivity index (χ0v) is 10.7. The second-order valence-electron chi connectivity index (χ2n) is 4.32. The summed E-state index contributed by atoms with van der Waals surface area (Å²) in [4.78, 5) is 8.17. The molecule has 1 aromatic carbocycles. The minimum Gasteiger partial charge on any atom is -0.398 e. The SMILES string of the molecule is Cc1cccc(N)c1-c1nc(-c2ccc(F)cn2)no1. The van der Waals surface area contributed by atoms with Crippen LogP contribution in [0.3, 0.4) is 0 Å². The number of nitrogen functional groups attached to an aromatic ring is 1. The molecular formula is C14H11FN4O. The van der Waals surface area contributed by atoms with Crippen molar-refractivity contribution in [1.82, 2.24) is 15.1 Å². The van der Waals surface area contributed by atoms with Crippen molar-refractivity contribution in [3.05, 3.63) is 47.9 Å². The Labute approximate surface area is 114 Å². The van der Waals surface area contributed by atoms with E-state index in [2.05, 4.69) is 15.1 Å². The number of rotatable bonds is 2. The number of aromatic nitrogens is 3. The fourth-order valence-electron chi connectivity index (χ4n) is 1.92. The van der Waals surface area contributed by atoms with Gasteiger partial charge in [-0.05, 0) is 30.7 Å². The summed E-state index contributed by atoms with van der Waals surface area (Å²) < 4.78 is 18.1. The smallest absolute Gasteiger partial charge is 0.260 e. The van der Waals surface area contributed by atoms with Crippen molar-refractivity contribution >= 4 is 5.69 Å². The molecule has 0 amide bonds. The van der Waals surface area contributed by atoms with Gasteiger partial charge in [-0.1, -0.05) is 17.3 Å². The first-order valence-corrected chi connectivity index (χ1v) is 5.96. The minimum atomic E-state index is -0.416. The molecule has 0 aliphatic heterocycles. The van der Waals surface area contributed by atoms with Crippen LogP contribution in [0.15, 0.2) is 41.1 Å².